The second-order valence-corrected chi connectivity index (χ2v) is 11.0. The van der Waals surface area contributed by atoms with E-state index in [2.05, 4.69) is 45.3 Å². The van der Waals surface area contributed by atoms with Crippen LogP contribution >= 0.6 is 12.4 Å². The molecule has 0 atom stereocenters. The molecule has 2 heterocycles. The van der Waals surface area contributed by atoms with Crippen LogP contribution in [0.5, 0.6) is 0 Å². The minimum Gasteiger partial charge on any atom is -0.444 e. The lowest BCUT2D eigenvalue weighted by molar-refractivity contribution is 0.0176. The molecule has 7 heteroatoms. The second kappa shape index (κ2) is 8.78. The lowest BCUT2D eigenvalue weighted by Gasteiger charge is -2.47. The van der Waals surface area contributed by atoms with E-state index in [4.69, 9.17) is 9.73 Å². The van der Waals surface area contributed by atoms with Gasteiger partial charge in [0.05, 0.1) is 12.1 Å². The third-order valence-electron chi connectivity index (χ3n) is 5.00. The number of halogens is 1. The zero-order chi connectivity index (χ0) is 20.5. The molecule has 1 fully saturated rings. The van der Waals surface area contributed by atoms with E-state index >= 15 is 0 Å². The lowest BCUT2D eigenvalue weighted by Crippen LogP contribution is -2.67. The highest BCUT2D eigenvalue weighted by molar-refractivity contribution is 5.93. The van der Waals surface area contributed by atoms with E-state index < -0.39 is 5.60 Å². The van der Waals surface area contributed by atoms with Gasteiger partial charge in [-0.2, -0.15) is 0 Å². The van der Waals surface area contributed by atoms with Crippen LogP contribution in [0.4, 0.5) is 4.79 Å². The Bertz CT molecular complexity index is 568. The number of likely N-dealkylation sites (tertiary alicyclic amines) is 1. The van der Waals surface area contributed by atoms with Gasteiger partial charge >= 0.3 is 6.09 Å². The maximum absolute atomic E-state index is 12.4. The minimum absolute atomic E-state index is 0. The molecule has 2 aliphatic rings. The van der Waals surface area contributed by atoms with Gasteiger partial charge in [0.25, 0.3) is 0 Å². The first-order chi connectivity index (χ1) is 12.2. The molecule has 0 unspecified atom stereocenters. The number of carbonyl (C=O) groups excluding carboxylic acids is 1. The summed E-state index contributed by atoms with van der Waals surface area (Å²) in [5.41, 5.74) is -0.413. The Balaban J connectivity index is 0.00000392. The van der Waals surface area contributed by atoms with Gasteiger partial charge < -0.3 is 20.3 Å². The van der Waals surface area contributed by atoms with Crippen LogP contribution < -0.4 is 10.6 Å². The summed E-state index contributed by atoms with van der Waals surface area (Å²) in [5, 5.41) is 7.45. The molecule has 1 saturated heterocycles. The van der Waals surface area contributed by atoms with E-state index in [9.17, 15) is 4.79 Å². The maximum atomic E-state index is 12.4. The Hall–Kier alpha value is -1.01. The standard InChI is InChI=1S/C21H40N4O2.ClH/c1-18(2,3)15-20(7,8)24-16-21(23-12-11-22-16)9-13-25(14-10-21)17(26)27-19(4,5)6;/h23H,9-15H2,1-8H3,(H,22,24);1H. The number of nitrogens with one attached hydrogen (secondary N) is 2. The summed E-state index contributed by atoms with van der Waals surface area (Å²) >= 11 is 0. The van der Waals surface area contributed by atoms with Crippen LogP contribution in [0.1, 0.15) is 74.7 Å². The summed E-state index contributed by atoms with van der Waals surface area (Å²) in [7, 11) is 0. The number of nitrogens with zero attached hydrogens (tertiary/aromatic N) is 2. The fourth-order valence-electron chi connectivity index (χ4n) is 4.36. The highest BCUT2D eigenvalue weighted by atomic mass is 35.5. The molecule has 0 aromatic rings. The van der Waals surface area contributed by atoms with Crippen LogP contribution in [-0.2, 0) is 4.74 Å². The van der Waals surface area contributed by atoms with Crippen LogP contribution in [-0.4, -0.2) is 59.7 Å². The number of ether oxygens (including phenoxy) is 1. The number of rotatable bonds is 2. The molecule has 0 saturated carbocycles. The summed E-state index contributed by atoms with van der Waals surface area (Å²) in [5.74, 6) is 1.06. The quantitative estimate of drug-likeness (QED) is 0.714. The van der Waals surface area contributed by atoms with Gasteiger partial charge in [-0.05, 0) is 59.3 Å². The van der Waals surface area contributed by atoms with E-state index in [0.29, 0.717) is 13.1 Å². The molecule has 0 aliphatic carbocycles. The van der Waals surface area contributed by atoms with E-state index in [1.165, 1.54) is 0 Å². The Morgan fingerprint density at radius 2 is 1.71 bits per heavy atom. The molecular formula is C21H41ClN4O2. The zero-order valence-corrected chi connectivity index (χ0v) is 19.9. The molecule has 6 nitrogen and oxygen atoms in total. The van der Waals surface area contributed by atoms with E-state index in [-0.39, 0.29) is 35.0 Å². The summed E-state index contributed by atoms with van der Waals surface area (Å²) in [6, 6.07) is 0. The van der Waals surface area contributed by atoms with E-state index in [1.54, 1.807) is 0 Å². The van der Waals surface area contributed by atoms with Gasteiger partial charge in [-0.3, -0.25) is 4.99 Å². The molecule has 0 aromatic heterocycles. The fourth-order valence-corrected chi connectivity index (χ4v) is 4.36. The largest absolute Gasteiger partial charge is 0.444 e. The van der Waals surface area contributed by atoms with Crippen LogP contribution in [0.2, 0.25) is 0 Å². The third kappa shape index (κ3) is 7.11. The number of aliphatic imine (C=N–C) groups is 1. The summed E-state index contributed by atoms with van der Waals surface area (Å²) in [6.07, 6.45) is 2.54. The fraction of sp³-hybridized carbons (Fsp3) is 0.905. The number of carbonyl (C=O) groups is 1. The van der Waals surface area contributed by atoms with Crippen LogP contribution in [0.15, 0.2) is 4.99 Å². The number of amides is 1. The van der Waals surface area contributed by atoms with Crippen molar-refractivity contribution in [2.75, 3.05) is 26.2 Å². The predicted octanol–water partition coefficient (Wildman–Crippen LogP) is 3.98. The molecule has 28 heavy (non-hydrogen) atoms. The topological polar surface area (TPSA) is 66.0 Å². The molecule has 1 amide bonds. The van der Waals surface area contributed by atoms with Gasteiger partial charge in [0.2, 0.25) is 0 Å². The average Bonchev–Trinajstić information content (AvgIpc) is 2.46. The highest BCUT2D eigenvalue weighted by Crippen LogP contribution is 2.30. The smallest absolute Gasteiger partial charge is 0.410 e. The number of hydrogen-bond donors (Lipinski definition) is 2. The first kappa shape index (κ1) is 25.0. The van der Waals surface area contributed by atoms with Crippen molar-refractivity contribution in [2.45, 2.75) is 91.3 Å². The summed E-state index contributed by atoms with van der Waals surface area (Å²) in [4.78, 5) is 19.1. The van der Waals surface area contributed by atoms with Crippen molar-refractivity contribution in [1.82, 2.24) is 15.5 Å². The van der Waals surface area contributed by atoms with E-state index in [0.717, 1.165) is 38.2 Å². The Morgan fingerprint density at radius 1 is 1.14 bits per heavy atom. The molecule has 2 rings (SSSR count). The highest BCUT2D eigenvalue weighted by Gasteiger charge is 2.43. The molecular weight excluding hydrogens is 376 g/mol. The molecule has 0 aromatic carbocycles. The van der Waals surface area contributed by atoms with Crippen molar-refractivity contribution >= 4 is 24.3 Å². The van der Waals surface area contributed by atoms with Gasteiger partial charge in [-0.1, -0.05) is 20.8 Å². The van der Waals surface area contributed by atoms with Crippen molar-refractivity contribution in [3.05, 3.63) is 0 Å². The molecule has 0 radical (unpaired) electrons. The predicted molar refractivity (Wildman–Crippen MR) is 119 cm³/mol. The molecule has 0 bridgehead atoms. The first-order valence-corrected chi connectivity index (χ1v) is 10.3. The van der Waals surface area contributed by atoms with Gasteiger partial charge in [-0.15, -0.1) is 12.4 Å². The van der Waals surface area contributed by atoms with Crippen molar-refractivity contribution in [2.24, 2.45) is 10.4 Å². The zero-order valence-electron chi connectivity index (χ0n) is 19.1. The van der Waals surface area contributed by atoms with Gasteiger partial charge in [0, 0.05) is 25.2 Å². The third-order valence-corrected chi connectivity index (χ3v) is 5.00. The van der Waals surface area contributed by atoms with Crippen molar-refractivity contribution in [3.8, 4) is 0 Å². The van der Waals surface area contributed by atoms with Gasteiger partial charge in [-0.25, -0.2) is 4.79 Å². The Morgan fingerprint density at radius 3 is 2.21 bits per heavy atom. The average molecular weight is 417 g/mol. The van der Waals surface area contributed by atoms with Crippen molar-refractivity contribution in [3.63, 3.8) is 0 Å². The monoisotopic (exact) mass is 416 g/mol. The number of amidine groups is 1. The van der Waals surface area contributed by atoms with Gasteiger partial charge in [0.1, 0.15) is 11.4 Å². The van der Waals surface area contributed by atoms with E-state index in [1.807, 2.05) is 25.7 Å². The first-order valence-electron chi connectivity index (χ1n) is 10.3. The summed E-state index contributed by atoms with van der Waals surface area (Å²) < 4.78 is 5.54. The molecule has 2 N–H and O–H groups in total. The molecule has 164 valence electrons. The van der Waals surface area contributed by atoms with Crippen LogP contribution in [0.3, 0.4) is 0 Å². The van der Waals surface area contributed by atoms with Gasteiger partial charge in [0.15, 0.2) is 0 Å². The van der Waals surface area contributed by atoms with Crippen molar-refractivity contribution in [1.29, 1.82) is 0 Å². The van der Waals surface area contributed by atoms with Crippen LogP contribution in [0, 0.1) is 5.41 Å². The normalized spacial score (nSPS) is 20.3. The van der Waals surface area contributed by atoms with Crippen molar-refractivity contribution < 1.29 is 9.53 Å². The Labute approximate surface area is 177 Å². The second-order valence-electron chi connectivity index (χ2n) is 11.0. The maximum Gasteiger partial charge on any atom is 0.410 e. The Kier molecular flexibility index (Phi) is 7.85. The number of piperidine rings is 1. The molecule has 1 spiro atoms. The van der Waals surface area contributed by atoms with Crippen LogP contribution in [0.25, 0.3) is 0 Å². The summed E-state index contributed by atoms with van der Waals surface area (Å²) in [6.45, 7) is 20.1. The SMILES string of the molecule is CC(C)(C)CC(C)(C)NC1=NCCNC12CCN(C(=O)OC(C)(C)C)CC2.Cl. The molecule has 2 aliphatic heterocycles. The lowest BCUT2D eigenvalue weighted by atomic mass is 9.79. The minimum atomic E-state index is -0.458. The number of hydrogen-bond acceptors (Lipinski definition) is 5.